The fourth-order valence-corrected chi connectivity index (χ4v) is 2.88. The summed E-state index contributed by atoms with van der Waals surface area (Å²) in [7, 11) is 0. The number of hydrogen-bond donors (Lipinski definition) is 1. The molecule has 1 aromatic rings. The van der Waals surface area contributed by atoms with Crippen molar-refractivity contribution in [1.82, 2.24) is 5.32 Å². The topological polar surface area (TPSA) is 46.2 Å². The predicted octanol–water partition coefficient (Wildman–Crippen LogP) is 2.49. The minimum atomic E-state index is -0.537. The molecular formula is C14H17NO2S. The zero-order valence-corrected chi connectivity index (χ0v) is 11.5. The summed E-state index contributed by atoms with van der Waals surface area (Å²) < 4.78 is 0. The molecule has 2 amide bonds. The third kappa shape index (κ3) is 2.17. The smallest absolute Gasteiger partial charge is 0.237 e. The number of imide groups is 1. The van der Waals surface area contributed by atoms with Gasteiger partial charge in [-0.1, -0.05) is 19.1 Å². The quantitative estimate of drug-likeness (QED) is 0.673. The number of benzene rings is 1. The molecule has 0 aliphatic carbocycles. The highest BCUT2D eigenvalue weighted by Gasteiger charge is 2.42. The van der Waals surface area contributed by atoms with E-state index in [1.165, 1.54) is 4.90 Å². The molecule has 18 heavy (non-hydrogen) atoms. The Balaban J connectivity index is 2.36. The maximum Gasteiger partial charge on any atom is 0.237 e. The SMILES string of the molecule is CCC1(c2ccc(SC)cc2)CCC(=O)NC1=O. The fourth-order valence-electron chi connectivity index (χ4n) is 2.48. The van der Waals surface area contributed by atoms with Crippen LogP contribution in [0.5, 0.6) is 0 Å². The van der Waals surface area contributed by atoms with Crippen molar-refractivity contribution in [2.75, 3.05) is 6.26 Å². The molecule has 2 rings (SSSR count). The van der Waals surface area contributed by atoms with Crippen LogP contribution in [-0.4, -0.2) is 18.1 Å². The van der Waals surface area contributed by atoms with E-state index in [0.717, 1.165) is 5.56 Å². The van der Waals surface area contributed by atoms with Gasteiger partial charge in [-0.2, -0.15) is 0 Å². The molecule has 96 valence electrons. The third-order valence-corrected chi connectivity index (χ3v) is 4.46. The molecule has 1 fully saturated rings. The minimum absolute atomic E-state index is 0.154. The van der Waals surface area contributed by atoms with Gasteiger partial charge in [-0.05, 0) is 36.8 Å². The summed E-state index contributed by atoms with van der Waals surface area (Å²) in [6.45, 7) is 2.00. The normalized spacial score (nSPS) is 23.9. The number of carbonyl (C=O) groups excluding carboxylic acids is 2. The number of hydrogen-bond acceptors (Lipinski definition) is 3. The van der Waals surface area contributed by atoms with Crippen LogP contribution in [0.1, 0.15) is 31.7 Å². The molecule has 1 heterocycles. The summed E-state index contributed by atoms with van der Waals surface area (Å²) in [5, 5.41) is 2.47. The molecule has 1 aliphatic rings. The van der Waals surface area contributed by atoms with Gasteiger partial charge in [-0.15, -0.1) is 11.8 Å². The summed E-state index contributed by atoms with van der Waals surface area (Å²) in [4.78, 5) is 24.6. The predicted molar refractivity (Wildman–Crippen MR) is 72.6 cm³/mol. The Morgan fingerprint density at radius 2 is 1.94 bits per heavy atom. The Bertz CT molecular complexity index is 469. The molecule has 0 aromatic heterocycles. The van der Waals surface area contributed by atoms with Gasteiger partial charge in [0.1, 0.15) is 0 Å². The van der Waals surface area contributed by atoms with Crippen LogP contribution in [-0.2, 0) is 15.0 Å². The highest BCUT2D eigenvalue weighted by Crippen LogP contribution is 2.36. The molecule has 1 aromatic carbocycles. The maximum absolute atomic E-state index is 12.2. The van der Waals surface area contributed by atoms with E-state index < -0.39 is 5.41 Å². The van der Waals surface area contributed by atoms with Gasteiger partial charge in [-0.25, -0.2) is 0 Å². The van der Waals surface area contributed by atoms with Crippen molar-refractivity contribution < 1.29 is 9.59 Å². The molecule has 1 unspecified atom stereocenters. The lowest BCUT2D eigenvalue weighted by molar-refractivity contribution is -0.138. The van der Waals surface area contributed by atoms with Gasteiger partial charge in [-0.3, -0.25) is 14.9 Å². The van der Waals surface area contributed by atoms with Gasteiger partial charge in [0.25, 0.3) is 0 Å². The van der Waals surface area contributed by atoms with Gasteiger partial charge in [0, 0.05) is 11.3 Å². The summed E-state index contributed by atoms with van der Waals surface area (Å²) in [5.74, 6) is -0.317. The fraction of sp³-hybridized carbons (Fsp3) is 0.429. The molecule has 0 saturated carbocycles. The zero-order chi connectivity index (χ0) is 13.2. The van der Waals surface area contributed by atoms with E-state index in [4.69, 9.17) is 0 Å². The molecule has 4 heteroatoms. The number of piperidine rings is 1. The Kier molecular flexibility index (Phi) is 3.76. The van der Waals surface area contributed by atoms with Gasteiger partial charge < -0.3 is 0 Å². The van der Waals surface area contributed by atoms with E-state index in [1.807, 2.05) is 37.4 Å². The van der Waals surface area contributed by atoms with Crippen LogP contribution < -0.4 is 5.32 Å². The standard InChI is InChI=1S/C14H17NO2S/c1-3-14(9-8-12(16)15-13(14)17)10-4-6-11(18-2)7-5-10/h4-7H,3,8-9H2,1-2H3,(H,15,16,17). The molecule has 1 N–H and O–H groups in total. The molecule has 1 atom stereocenters. The summed E-state index contributed by atoms with van der Waals surface area (Å²) in [5.41, 5.74) is 0.470. The third-order valence-electron chi connectivity index (χ3n) is 3.71. The molecule has 0 radical (unpaired) electrons. The van der Waals surface area contributed by atoms with E-state index in [0.29, 0.717) is 19.3 Å². The first-order valence-corrected chi connectivity index (χ1v) is 7.33. The van der Waals surface area contributed by atoms with Crippen molar-refractivity contribution in [3.63, 3.8) is 0 Å². The van der Waals surface area contributed by atoms with Gasteiger partial charge >= 0.3 is 0 Å². The van der Waals surface area contributed by atoms with Crippen LogP contribution in [0, 0.1) is 0 Å². The number of thioether (sulfide) groups is 1. The highest BCUT2D eigenvalue weighted by molar-refractivity contribution is 7.98. The molecule has 0 spiro atoms. The first kappa shape index (κ1) is 13.1. The van der Waals surface area contributed by atoms with Crippen LogP contribution in [0.4, 0.5) is 0 Å². The number of rotatable bonds is 3. The lowest BCUT2D eigenvalue weighted by Crippen LogP contribution is -2.51. The van der Waals surface area contributed by atoms with Gasteiger partial charge in [0.15, 0.2) is 0 Å². The molecule has 0 bridgehead atoms. The van der Waals surface area contributed by atoms with E-state index in [9.17, 15) is 9.59 Å². The number of nitrogens with one attached hydrogen (secondary N) is 1. The van der Waals surface area contributed by atoms with Crippen molar-refractivity contribution in [3.05, 3.63) is 29.8 Å². The number of carbonyl (C=O) groups is 2. The average molecular weight is 263 g/mol. The average Bonchev–Trinajstić information content (AvgIpc) is 2.40. The molecule has 1 saturated heterocycles. The van der Waals surface area contributed by atoms with Crippen LogP contribution in [0.2, 0.25) is 0 Å². The van der Waals surface area contributed by atoms with E-state index in [-0.39, 0.29) is 11.8 Å². The second kappa shape index (κ2) is 5.14. The van der Waals surface area contributed by atoms with Gasteiger partial charge in [0.2, 0.25) is 11.8 Å². The number of amides is 2. The Hall–Kier alpha value is -1.29. The monoisotopic (exact) mass is 263 g/mol. The van der Waals surface area contributed by atoms with E-state index >= 15 is 0 Å². The molecular weight excluding hydrogens is 246 g/mol. The lowest BCUT2D eigenvalue weighted by Gasteiger charge is -2.35. The highest BCUT2D eigenvalue weighted by atomic mass is 32.2. The summed E-state index contributed by atoms with van der Waals surface area (Å²) in [6.07, 6.45) is 3.76. The Morgan fingerprint density at radius 1 is 1.28 bits per heavy atom. The van der Waals surface area contributed by atoms with Crippen LogP contribution in [0.25, 0.3) is 0 Å². The van der Waals surface area contributed by atoms with Crippen LogP contribution in [0.3, 0.4) is 0 Å². The van der Waals surface area contributed by atoms with Gasteiger partial charge in [0.05, 0.1) is 5.41 Å². The van der Waals surface area contributed by atoms with Crippen molar-refractivity contribution in [3.8, 4) is 0 Å². The second-order valence-electron chi connectivity index (χ2n) is 4.54. The zero-order valence-electron chi connectivity index (χ0n) is 10.7. The summed E-state index contributed by atoms with van der Waals surface area (Å²) in [6, 6.07) is 8.07. The van der Waals surface area contributed by atoms with Crippen molar-refractivity contribution in [2.45, 2.75) is 36.5 Å². The van der Waals surface area contributed by atoms with Crippen molar-refractivity contribution in [1.29, 1.82) is 0 Å². The molecule has 3 nitrogen and oxygen atoms in total. The second-order valence-corrected chi connectivity index (χ2v) is 5.42. The maximum atomic E-state index is 12.2. The van der Waals surface area contributed by atoms with Crippen molar-refractivity contribution >= 4 is 23.6 Å². The molecule has 1 aliphatic heterocycles. The van der Waals surface area contributed by atoms with E-state index in [1.54, 1.807) is 11.8 Å². The van der Waals surface area contributed by atoms with Crippen molar-refractivity contribution in [2.24, 2.45) is 0 Å². The van der Waals surface area contributed by atoms with E-state index in [2.05, 4.69) is 5.32 Å². The van der Waals surface area contributed by atoms with Crippen LogP contribution in [0.15, 0.2) is 29.2 Å². The largest absolute Gasteiger partial charge is 0.296 e. The lowest BCUT2D eigenvalue weighted by atomic mass is 9.72. The summed E-state index contributed by atoms with van der Waals surface area (Å²) >= 11 is 1.68. The minimum Gasteiger partial charge on any atom is -0.296 e. The Labute approximate surface area is 111 Å². The van der Waals surface area contributed by atoms with Crippen LogP contribution >= 0.6 is 11.8 Å². The first-order valence-electron chi connectivity index (χ1n) is 6.11. The Morgan fingerprint density at radius 3 is 2.44 bits per heavy atom. The first-order chi connectivity index (χ1) is 8.62.